The molecule has 0 spiro atoms. The molecule has 2 rings (SSSR count). The third kappa shape index (κ3) is 7.54. The lowest BCUT2D eigenvalue weighted by atomic mass is 9.98. The Morgan fingerprint density at radius 1 is 1.00 bits per heavy atom. The fourth-order valence-corrected chi connectivity index (χ4v) is 3.20. The molecular weight excluding hydrogens is 378 g/mol. The van der Waals surface area contributed by atoms with Crippen LogP contribution in [0.25, 0.3) is 0 Å². The lowest BCUT2D eigenvalue weighted by molar-refractivity contribution is -0.118. The van der Waals surface area contributed by atoms with Gasteiger partial charge in [-0.15, -0.1) is 0 Å². The third-order valence-corrected chi connectivity index (χ3v) is 4.87. The smallest absolute Gasteiger partial charge is 0.338 e. The molecule has 0 radical (unpaired) electrons. The first-order valence-corrected chi connectivity index (χ1v) is 10.7. The van der Waals surface area contributed by atoms with Crippen LogP contribution >= 0.6 is 0 Å². The van der Waals surface area contributed by atoms with Crippen molar-refractivity contribution in [2.45, 2.75) is 59.3 Å². The van der Waals surface area contributed by atoms with Gasteiger partial charge in [-0.25, -0.2) is 4.79 Å². The van der Waals surface area contributed by atoms with Gasteiger partial charge >= 0.3 is 5.97 Å². The quantitative estimate of drug-likeness (QED) is 0.371. The maximum atomic E-state index is 12.2. The number of rotatable bonds is 11. The number of benzene rings is 2. The molecule has 0 unspecified atom stereocenters. The third-order valence-electron chi connectivity index (χ3n) is 4.87. The van der Waals surface area contributed by atoms with E-state index in [1.54, 1.807) is 24.3 Å². The van der Waals surface area contributed by atoms with E-state index >= 15 is 0 Å². The Bertz CT molecular complexity index is 828. The van der Waals surface area contributed by atoms with Gasteiger partial charge in [0.05, 0.1) is 12.2 Å². The normalized spacial score (nSPS) is 10.7. The number of carbonyl (C=O) groups is 2. The van der Waals surface area contributed by atoms with Crippen molar-refractivity contribution < 1.29 is 19.1 Å². The summed E-state index contributed by atoms with van der Waals surface area (Å²) in [6.07, 6.45) is 4.25. The van der Waals surface area contributed by atoms with Crippen LogP contribution in [0.4, 0.5) is 5.69 Å². The van der Waals surface area contributed by atoms with E-state index in [-0.39, 0.29) is 18.5 Å². The molecule has 2 aromatic rings. The number of ether oxygens (including phenoxy) is 2. The van der Waals surface area contributed by atoms with Gasteiger partial charge in [0.2, 0.25) is 0 Å². The predicted octanol–water partition coefficient (Wildman–Crippen LogP) is 5.87. The molecule has 0 aliphatic rings. The fourth-order valence-electron chi connectivity index (χ4n) is 3.20. The van der Waals surface area contributed by atoms with Crippen molar-refractivity contribution >= 4 is 17.6 Å². The van der Waals surface area contributed by atoms with Crippen molar-refractivity contribution in [2.24, 2.45) is 0 Å². The zero-order valence-electron chi connectivity index (χ0n) is 18.5. The molecule has 0 aliphatic carbocycles. The van der Waals surface area contributed by atoms with Gasteiger partial charge in [0.15, 0.2) is 6.61 Å². The molecule has 162 valence electrons. The summed E-state index contributed by atoms with van der Waals surface area (Å²) in [6.45, 7) is 8.83. The summed E-state index contributed by atoms with van der Waals surface area (Å²) in [5, 5.41) is 2.77. The van der Waals surface area contributed by atoms with Gasteiger partial charge in [-0.05, 0) is 66.8 Å². The van der Waals surface area contributed by atoms with Crippen molar-refractivity contribution in [2.75, 3.05) is 18.5 Å². The Morgan fingerprint density at radius 2 is 1.73 bits per heavy atom. The minimum atomic E-state index is -0.340. The Balaban J connectivity index is 1.79. The van der Waals surface area contributed by atoms with Gasteiger partial charge in [-0.1, -0.05) is 46.1 Å². The van der Waals surface area contributed by atoms with E-state index in [1.807, 2.05) is 25.1 Å². The number of amides is 1. The zero-order chi connectivity index (χ0) is 21.9. The molecule has 1 N–H and O–H groups in total. The standard InChI is InChI=1S/C25H33NO4/c1-5-6-7-8-15-29-25(28)20-9-11-21(12-10-20)26-24(27)17-30-22-13-14-23(18(2)3)19(4)16-22/h9-14,16,18H,5-8,15,17H2,1-4H3,(H,26,27). The van der Waals surface area contributed by atoms with Gasteiger partial charge in [0.25, 0.3) is 5.91 Å². The van der Waals surface area contributed by atoms with Crippen LogP contribution in [0.5, 0.6) is 5.75 Å². The average Bonchev–Trinajstić information content (AvgIpc) is 2.72. The zero-order valence-corrected chi connectivity index (χ0v) is 18.5. The van der Waals surface area contributed by atoms with Crippen molar-refractivity contribution in [3.8, 4) is 5.75 Å². The minimum Gasteiger partial charge on any atom is -0.484 e. The Morgan fingerprint density at radius 3 is 2.37 bits per heavy atom. The molecule has 1 amide bonds. The fraction of sp³-hybridized carbons (Fsp3) is 0.440. The van der Waals surface area contributed by atoms with Gasteiger partial charge < -0.3 is 14.8 Å². The van der Waals surface area contributed by atoms with Crippen LogP contribution in [0.1, 0.15) is 73.9 Å². The van der Waals surface area contributed by atoms with Gasteiger partial charge in [0, 0.05) is 5.69 Å². The van der Waals surface area contributed by atoms with Gasteiger partial charge in [-0.3, -0.25) is 4.79 Å². The van der Waals surface area contributed by atoms with Crippen molar-refractivity contribution in [3.05, 3.63) is 59.2 Å². The molecule has 0 atom stereocenters. The molecule has 0 aromatic heterocycles. The van der Waals surface area contributed by atoms with E-state index in [4.69, 9.17) is 9.47 Å². The highest BCUT2D eigenvalue weighted by atomic mass is 16.5. The van der Waals surface area contributed by atoms with Crippen molar-refractivity contribution in [1.82, 2.24) is 0 Å². The molecule has 30 heavy (non-hydrogen) atoms. The molecule has 5 heteroatoms. The molecule has 0 saturated carbocycles. The number of anilines is 1. The minimum absolute atomic E-state index is 0.0813. The van der Waals surface area contributed by atoms with Crippen LogP contribution in [0.2, 0.25) is 0 Å². The molecule has 0 saturated heterocycles. The van der Waals surface area contributed by atoms with E-state index in [9.17, 15) is 9.59 Å². The number of nitrogens with one attached hydrogen (secondary N) is 1. The summed E-state index contributed by atoms with van der Waals surface area (Å²) >= 11 is 0. The highest BCUT2D eigenvalue weighted by Crippen LogP contribution is 2.23. The van der Waals surface area contributed by atoms with E-state index < -0.39 is 0 Å². The van der Waals surface area contributed by atoms with E-state index in [1.165, 1.54) is 5.56 Å². The highest BCUT2D eigenvalue weighted by molar-refractivity contribution is 5.93. The maximum Gasteiger partial charge on any atom is 0.338 e. The van der Waals surface area contributed by atoms with E-state index in [2.05, 4.69) is 26.1 Å². The molecule has 0 fully saturated rings. The molecule has 0 bridgehead atoms. The Hall–Kier alpha value is -2.82. The van der Waals surface area contributed by atoms with Crippen LogP contribution in [0.3, 0.4) is 0 Å². The summed E-state index contributed by atoms with van der Waals surface area (Å²) in [5.41, 5.74) is 3.50. The van der Waals surface area contributed by atoms with Crippen LogP contribution in [0.15, 0.2) is 42.5 Å². The first-order valence-electron chi connectivity index (χ1n) is 10.7. The predicted molar refractivity (Wildman–Crippen MR) is 120 cm³/mol. The second kappa shape index (κ2) is 12.0. The summed E-state index contributed by atoms with van der Waals surface area (Å²) in [5.74, 6) is 0.521. The topological polar surface area (TPSA) is 64.6 Å². The second-order valence-corrected chi connectivity index (χ2v) is 7.78. The first kappa shape index (κ1) is 23.5. The number of esters is 1. The second-order valence-electron chi connectivity index (χ2n) is 7.78. The monoisotopic (exact) mass is 411 g/mol. The SMILES string of the molecule is CCCCCCOC(=O)c1ccc(NC(=O)COc2ccc(C(C)C)c(C)c2)cc1. The Labute approximate surface area is 179 Å². The number of hydrogen-bond donors (Lipinski definition) is 1. The Kier molecular flexibility index (Phi) is 9.39. The largest absolute Gasteiger partial charge is 0.484 e. The van der Waals surface area contributed by atoms with Crippen LogP contribution in [-0.2, 0) is 9.53 Å². The summed E-state index contributed by atoms with van der Waals surface area (Å²) in [4.78, 5) is 24.2. The first-order chi connectivity index (χ1) is 14.4. The number of aryl methyl sites for hydroxylation is 1. The maximum absolute atomic E-state index is 12.2. The highest BCUT2D eigenvalue weighted by Gasteiger charge is 2.09. The number of unbranched alkanes of at least 4 members (excludes halogenated alkanes) is 3. The molecule has 2 aromatic carbocycles. The van der Waals surface area contributed by atoms with E-state index in [0.29, 0.717) is 29.5 Å². The van der Waals surface area contributed by atoms with Crippen molar-refractivity contribution in [3.63, 3.8) is 0 Å². The summed E-state index contributed by atoms with van der Waals surface area (Å²) in [6, 6.07) is 12.6. The number of carbonyl (C=O) groups excluding carboxylic acids is 2. The molecule has 0 aliphatic heterocycles. The lowest BCUT2D eigenvalue weighted by Crippen LogP contribution is -2.20. The van der Waals surface area contributed by atoms with E-state index in [0.717, 1.165) is 31.2 Å². The van der Waals surface area contributed by atoms with Crippen LogP contribution in [-0.4, -0.2) is 25.1 Å². The summed E-state index contributed by atoms with van der Waals surface area (Å²) < 4.78 is 10.9. The lowest BCUT2D eigenvalue weighted by Gasteiger charge is -2.12. The van der Waals surface area contributed by atoms with Gasteiger partial charge in [-0.2, -0.15) is 0 Å². The number of hydrogen-bond acceptors (Lipinski definition) is 4. The van der Waals surface area contributed by atoms with Crippen LogP contribution in [0, 0.1) is 6.92 Å². The molecule has 5 nitrogen and oxygen atoms in total. The molecule has 0 heterocycles. The van der Waals surface area contributed by atoms with Crippen molar-refractivity contribution in [1.29, 1.82) is 0 Å². The van der Waals surface area contributed by atoms with Crippen LogP contribution < -0.4 is 10.1 Å². The summed E-state index contributed by atoms with van der Waals surface area (Å²) in [7, 11) is 0. The van der Waals surface area contributed by atoms with Gasteiger partial charge in [0.1, 0.15) is 5.75 Å². The molecular formula is C25H33NO4. The average molecular weight is 412 g/mol.